The summed E-state index contributed by atoms with van der Waals surface area (Å²) in [5.74, 6) is 0.252. The Morgan fingerprint density at radius 1 is 1.22 bits per heavy atom. The maximum atomic E-state index is 9.99. The second kappa shape index (κ2) is 4.90. The van der Waals surface area contributed by atoms with E-state index in [0.717, 1.165) is 21.9 Å². The van der Waals surface area contributed by atoms with Crippen LogP contribution in [0, 0.1) is 31.1 Å². The van der Waals surface area contributed by atoms with Gasteiger partial charge in [0.15, 0.2) is 0 Å². The van der Waals surface area contributed by atoms with Crippen molar-refractivity contribution in [2.45, 2.75) is 19.2 Å². The number of thioether (sulfide) groups is 1. The van der Waals surface area contributed by atoms with Crippen molar-refractivity contribution in [2.75, 3.05) is 7.05 Å². The Kier molecular flexibility index (Phi) is 2.77. The summed E-state index contributed by atoms with van der Waals surface area (Å²) in [6.45, 7) is 4.24. The average Bonchev–Trinajstić information content (AvgIpc) is 3.24. The molecule has 0 amide bonds. The van der Waals surface area contributed by atoms with Gasteiger partial charge in [-0.05, 0) is 36.4 Å². The number of nitrogens with zero attached hydrogens (tertiary/aromatic N) is 4. The standard InChI is InChI=1S/C22H17N4S/c1-11-12(2)17-20-19-16(9-27-22(19)24-10-25(20)3)26-15-7-5-4-6-13(15)18(21(17)26)14(11)8-23/h4-7,9-10,19,22H,1-3H3/q+1. The Hall–Kier alpha value is -2.84. The third kappa shape index (κ3) is 1.61. The molecule has 0 saturated heterocycles. The molecule has 2 atom stereocenters. The highest BCUT2D eigenvalue weighted by Crippen LogP contribution is 2.51. The lowest BCUT2D eigenvalue weighted by molar-refractivity contribution is -0.364. The summed E-state index contributed by atoms with van der Waals surface area (Å²) >= 11 is 1.80. The molecule has 6 rings (SSSR count). The number of para-hydroxylation sites is 1. The maximum absolute atomic E-state index is 9.99. The van der Waals surface area contributed by atoms with Crippen LogP contribution in [-0.2, 0) is 0 Å². The van der Waals surface area contributed by atoms with Gasteiger partial charge in [-0.25, -0.2) is 4.58 Å². The Morgan fingerprint density at radius 2 is 2.04 bits per heavy atom. The number of rotatable bonds is 0. The van der Waals surface area contributed by atoms with E-state index in [9.17, 15) is 5.26 Å². The van der Waals surface area contributed by atoms with E-state index in [2.05, 4.69) is 65.8 Å². The fourth-order valence-corrected chi connectivity index (χ4v) is 6.08. The van der Waals surface area contributed by atoms with Crippen LogP contribution < -0.4 is 0 Å². The molecule has 0 saturated carbocycles. The fraction of sp³-hybridized carbons (Fsp3) is 0.227. The van der Waals surface area contributed by atoms with E-state index >= 15 is 0 Å². The molecule has 3 aliphatic rings. The highest BCUT2D eigenvalue weighted by atomic mass is 32.2. The van der Waals surface area contributed by atoms with Gasteiger partial charge in [-0.2, -0.15) is 5.26 Å². The molecule has 130 valence electrons. The molecule has 1 aromatic heterocycles. The van der Waals surface area contributed by atoms with Gasteiger partial charge in [0.05, 0.1) is 23.6 Å². The van der Waals surface area contributed by atoms with Gasteiger partial charge in [-0.1, -0.05) is 35.0 Å². The van der Waals surface area contributed by atoms with Crippen molar-refractivity contribution in [1.29, 1.82) is 5.26 Å². The lowest BCUT2D eigenvalue weighted by atomic mass is 9.83. The second-order valence-corrected chi connectivity index (χ2v) is 8.49. The SMILES string of the molecule is Cc1c(C)c2c3c(c1C#N)c1ccccc1n3C1=CSC3N=C[N+](C)=C2C13. The topological polar surface area (TPSA) is 44.1 Å². The molecule has 0 spiro atoms. The van der Waals surface area contributed by atoms with Gasteiger partial charge < -0.3 is 4.57 Å². The minimum Gasteiger partial charge on any atom is -0.311 e. The van der Waals surface area contributed by atoms with Crippen molar-refractivity contribution < 1.29 is 4.58 Å². The van der Waals surface area contributed by atoms with Gasteiger partial charge in [0.1, 0.15) is 17.7 Å². The summed E-state index contributed by atoms with van der Waals surface area (Å²) in [5, 5.41) is 14.7. The quantitative estimate of drug-likeness (QED) is 0.556. The lowest BCUT2D eigenvalue weighted by Gasteiger charge is -2.30. The monoisotopic (exact) mass is 369 g/mol. The van der Waals surface area contributed by atoms with Gasteiger partial charge >= 0.3 is 0 Å². The molecular formula is C22H17N4S+. The minimum atomic E-state index is 0.200. The number of fused-ring (bicyclic) bond motifs is 5. The predicted molar refractivity (Wildman–Crippen MR) is 112 cm³/mol. The molecule has 4 nitrogen and oxygen atoms in total. The zero-order valence-corrected chi connectivity index (χ0v) is 16.1. The number of hydrogen-bond acceptors (Lipinski definition) is 3. The summed E-state index contributed by atoms with van der Waals surface area (Å²) in [7, 11) is 2.09. The Morgan fingerprint density at radius 3 is 2.85 bits per heavy atom. The van der Waals surface area contributed by atoms with Gasteiger partial charge in [0.25, 0.3) is 6.34 Å². The Balaban J connectivity index is 1.98. The zero-order chi connectivity index (χ0) is 18.4. The Labute approximate surface area is 161 Å². The molecule has 3 aromatic rings. The number of benzene rings is 2. The van der Waals surface area contributed by atoms with Crippen molar-refractivity contribution >= 4 is 51.3 Å². The van der Waals surface area contributed by atoms with Gasteiger partial charge in [0.2, 0.25) is 5.37 Å². The van der Waals surface area contributed by atoms with E-state index in [-0.39, 0.29) is 11.3 Å². The largest absolute Gasteiger partial charge is 0.311 e. The van der Waals surface area contributed by atoms with Crippen LogP contribution in [0.25, 0.3) is 27.5 Å². The van der Waals surface area contributed by atoms with Crippen molar-refractivity contribution in [3.05, 3.63) is 51.9 Å². The van der Waals surface area contributed by atoms with E-state index in [0.29, 0.717) is 0 Å². The predicted octanol–water partition coefficient (Wildman–Crippen LogP) is 4.26. The highest BCUT2D eigenvalue weighted by Gasteiger charge is 2.48. The van der Waals surface area contributed by atoms with Crippen LogP contribution >= 0.6 is 11.8 Å². The molecule has 0 N–H and O–H groups in total. The van der Waals surface area contributed by atoms with Crippen LogP contribution in [0.5, 0.6) is 0 Å². The third-order valence-corrected chi connectivity index (χ3v) is 7.34. The maximum Gasteiger partial charge on any atom is 0.281 e. The van der Waals surface area contributed by atoms with Crippen LogP contribution in [0.15, 0.2) is 34.7 Å². The molecule has 0 bridgehead atoms. The third-order valence-electron chi connectivity index (χ3n) is 6.29. The van der Waals surface area contributed by atoms with Crippen LogP contribution in [0.3, 0.4) is 0 Å². The molecule has 2 aromatic carbocycles. The smallest absolute Gasteiger partial charge is 0.281 e. The molecule has 3 aliphatic heterocycles. The molecule has 0 aliphatic carbocycles. The average molecular weight is 369 g/mol. The van der Waals surface area contributed by atoms with Crippen molar-refractivity contribution in [2.24, 2.45) is 10.9 Å². The van der Waals surface area contributed by atoms with E-state index in [1.807, 2.05) is 6.34 Å². The van der Waals surface area contributed by atoms with Crippen LogP contribution in [0.4, 0.5) is 0 Å². The Bertz CT molecular complexity index is 1350. The van der Waals surface area contributed by atoms with E-state index < -0.39 is 0 Å². The summed E-state index contributed by atoms with van der Waals surface area (Å²) in [5.41, 5.74) is 9.33. The van der Waals surface area contributed by atoms with Crippen LogP contribution in [0.2, 0.25) is 0 Å². The minimum absolute atomic E-state index is 0.200. The van der Waals surface area contributed by atoms with E-state index in [1.165, 1.54) is 33.6 Å². The first-order chi connectivity index (χ1) is 13.1. The number of aliphatic imine (C=N–C) groups is 1. The van der Waals surface area contributed by atoms with Crippen LogP contribution in [-0.4, -0.2) is 33.6 Å². The molecule has 5 heteroatoms. The molecule has 0 fully saturated rings. The molecular weight excluding hydrogens is 352 g/mol. The normalized spacial score (nSPS) is 22.4. The van der Waals surface area contributed by atoms with E-state index in [4.69, 9.17) is 4.99 Å². The lowest BCUT2D eigenvalue weighted by Crippen LogP contribution is -2.39. The van der Waals surface area contributed by atoms with Gasteiger partial charge in [-0.3, -0.25) is 0 Å². The number of nitriles is 1. The van der Waals surface area contributed by atoms with Crippen molar-refractivity contribution in [3.8, 4) is 6.07 Å². The van der Waals surface area contributed by atoms with Crippen LogP contribution in [0.1, 0.15) is 22.3 Å². The number of hydrogen-bond donors (Lipinski definition) is 0. The molecule has 4 heterocycles. The molecule has 27 heavy (non-hydrogen) atoms. The number of aromatic nitrogens is 1. The van der Waals surface area contributed by atoms with Gasteiger partial charge in [-0.15, -0.1) is 0 Å². The van der Waals surface area contributed by atoms with E-state index in [1.54, 1.807) is 11.8 Å². The summed E-state index contributed by atoms with van der Waals surface area (Å²) in [6, 6.07) is 11.0. The highest BCUT2D eigenvalue weighted by molar-refractivity contribution is 8.03. The first-order valence-corrected chi connectivity index (χ1v) is 10.0. The van der Waals surface area contributed by atoms with Crippen molar-refractivity contribution in [3.63, 3.8) is 0 Å². The first-order valence-electron chi connectivity index (χ1n) is 9.09. The van der Waals surface area contributed by atoms with Crippen molar-refractivity contribution in [1.82, 2.24) is 4.57 Å². The summed E-state index contributed by atoms with van der Waals surface area (Å²) < 4.78 is 4.57. The molecule has 0 radical (unpaired) electrons. The second-order valence-electron chi connectivity index (χ2n) is 7.50. The summed E-state index contributed by atoms with van der Waals surface area (Å²) in [6.07, 6.45) is 1.96. The fourth-order valence-electron chi connectivity index (χ4n) is 5.00. The summed E-state index contributed by atoms with van der Waals surface area (Å²) in [4.78, 5) is 4.77. The molecule has 2 unspecified atom stereocenters. The zero-order valence-electron chi connectivity index (χ0n) is 15.3. The first kappa shape index (κ1) is 15.2. The van der Waals surface area contributed by atoms with Gasteiger partial charge in [0, 0.05) is 22.0 Å².